The van der Waals surface area contributed by atoms with E-state index in [1.54, 1.807) is 18.3 Å². The molecule has 0 saturated heterocycles. The van der Waals surface area contributed by atoms with E-state index in [0.717, 1.165) is 31.4 Å². The first-order valence-electron chi connectivity index (χ1n) is 8.39. The summed E-state index contributed by atoms with van der Waals surface area (Å²) in [5.41, 5.74) is 0.207. The zero-order valence-corrected chi connectivity index (χ0v) is 13.8. The molecule has 1 saturated carbocycles. The van der Waals surface area contributed by atoms with Crippen LogP contribution < -0.4 is 5.56 Å². The molecule has 0 spiro atoms. The normalized spacial score (nSPS) is 14.9. The topological polar surface area (TPSA) is 60.9 Å². The second kappa shape index (κ2) is 5.42. The fourth-order valence-electron chi connectivity index (χ4n) is 3.40. The van der Waals surface area contributed by atoms with E-state index >= 15 is 0 Å². The molecule has 0 atom stereocenters. The Morgan fingerprint density at radius 2 is 1.96 bits per heavy atom. The van der Waals surface area contributed by atoms with E-state index in [1.807, 2.05) is 0 Å². The van der Waals surface area contributed by atoms with Crippen molar-refractivity contribution in [2.45, 2.75) is 24.9 Å². The highest BCUT2D eigenvalue weighted by Gasteiger charge is 2.32. The van der Waals surface area contributed by atoms with Crippen LogP contribution in [0.5, 0.6) is 0 Å². The van der Waals surface area contributed by atoms with Crippen LogP contribution >= 0.6 is 0 Å². The molecular formula is C19H12F3N3O2. The number of hydrogen-bond donors (Lipinski definition) is 0. The van der Waals surface area contributed by atoms with Gasteiger partial charge in [-0.3, -0.25) is 14.3 Å². The Bertz CT molecular complexity index is 1250. The lowest BCUT2D eigenvalue weighted by atomic mass is 10.1. The van der Waals surface area contributed by atoms with Gasteiger partial charge in [-0.05, 0) is 43.2 Å². The molecule has 3 heterocycles. The van der Waals surface area contributed by atoms with Crippen molar-refractivity contribution < 1.29 is 17.6 Å². The Hall–Kier alpha value is -3.16. The number of pyridine rings is 2. The fourth-order valence-corrected chi connectivity index (χ4v) is 3.40. The molecule has 0 N–H and O–H groups in total. The van der Waals surface area contributed by atoms with Gasteiger partial charge in [0.1, 0.15) is 0 Å². The number of halogens is 3. The molecule has 136 valence electrons. The lowest BCUT2D eigenvalue weighted by Gasteiger charge is -2.15. The maximum Gasteiger partial charge on any atom is 0.416 e. The van der Waals surface area contributed by atoms with Crippen LogP contribution in [0, 0.1) is 0 Å². The standard InChI is InChI=1S/C19H12F3N3O2/c20-19(21,22)11-5-6-12-14(8-11)25(18(26)16-17(12)27-9-24-16)13-2-1-7-23-15(13)10-3-4-10/h1-2,5-10H,3-4H2. The van der Waals surface area contributed by atoms with Gasteiger partial charge in [0.05, 0.1) is 22.5 Å². The van der Waals surface area contributed by atoms with Gasteiger partial charge in [-0.25, -0.2) is 4.98 Å². The average Bonchev–Trinajstić information content (AvgIpc) is 3.37. The molecule has 1 fully saturated rings. The van der Waals surface area contributed by atoms with Gasteiger partial charge in [0.2, 0.25) is 0 Å². The molecule has 0 bridgehead atoms. The average molecular weight is 371 g/mol. The fraction of sp³-hybridized carbons (Fsp3) is 0.211. The van der Waals surface area contributed by atoms with Crippen LogP contribution in [0.3, 0.4) is 0 Å². The van der Waals surface area contributed by atoms with Crippen molar-refractivity contribution in [1.29, 1.82) is 0 Å². The van der Waals surface area contributed by atoms with Crippen molar-refractivity contribution in [3.05, 3.63) is 64.5 Å². The van der Waals surface area contributed by atoms with E-state index in [1.165, 1.54) is 10.6 Å². The Morgan fingerprint density at radius 1 is 1.15 bits per heavy atom. The van der Waals surface area contributed by atoms with Crippen LogP contribution in [-0.4, -0.2) is 14.5 Å². The number of alkyl halides is 3. The van der Waals surface area contributed by atoms with E-state index in [2.05, 4.69) is 9.97 Å². The summed E-state index contributed by atoms with van der Waals surface area (Å²) in [5, 5.41) is 0.390. The van der Waals surface area contributed by atoms with Crippen molar-refractivity contribution in [3.63, 3.8) is 0 Å². The first-order chi connectivity index (χ1) is 12.9. The van der Waals surface area contributed by atoms with Crippen LogP contribution in [0.2, 0.25) is 0 Å². The third-order valence-electron chi connectivity index (χ3n) is 4.80. The molecule has 0 unspecified atom stereocenters. The minimum Gasteiger partial charge on any atom is -0.443 e. The molecule has 1 aliphatic rings. The van der Waals surface area contributed by atoms with E-state index in [9.17, 15) is 18.0 Å². The number of fused-ring (bicyclic) bond motifs is 3. The largest absolute Gasteiger partial charge is 0.443 e. The Labute approximate surface area is 150 Å². The van der Waals surface area contributed by atoms with E-state index in [-0.39, 0.29) is 22.5 Å². The number of aromatic nitrogens is 3. The van der Waals surface area contributed by atoms with Crippen molar-refractivity contribution in [2.75, 3.05) is 0 Å². The van der Waals surface area contributed by atoms with Crippen LogP contribution in [-0.2, 0) is 6.18 Å². The molecule has 4 aromatic rings. The molecule has 0 radical (unpaired) electrons. The number of rotatable bonds is 2. The maximum absolute atomic E-state index is 13.3. The molecule has 27 heavy (non-hydrogen) atoms. The van der Waals surface area contributed by atoms with Crippen LogP contribution in [0.4, 0.5) is 13.2 Å². The quantitative estimate of drug-likeness (QED) is 0.523. The monoisotopic (exact) mass is 371 g/mol. The van der Waals surface area contributed by atoms with Crippen LogP contribution in [0.1, 0.15) is 30.0 Å². The van der Waals surface area contributed by atoms with E-state index in [0.29, 0.717) is 16.8 Å². The van der Waals surface area contributed by atoms with Crippen LogP contribution in [0.25, 0.3) is 27.7 Å². The zero-order chi connectivity index (χ0) is 18.8. The summed E-state index contributed by atoms with van der Waals surface area (Å²) in [7, 11) is 0. The molecule has 8 heteroatoms. The van der Waals surface area contributed by atoms with Crippen molar-refractivity contribution in [3.8, 4) is 5.69 Å². The zero-order valence-electron chi connectivity index (χ0n) is 13.8. The third-order valence-corrected chi connectivity index (χ3v) is 4.80. The summed E-state index contributed by atoms with van der Waals surface area (Å²) in [4.78, 5) is 21.4. The Kier molecular flexibility index (Phi) is 3.22. The summed E-state index contributed by atoms with van der Waals surface area (Å²) in [6.07, 6.45) is 0.103. The maximum atomic E-state index is 13.3. The number of oxazole rings is 1. The van der Waals surface area contributed by atoms with Crippen molar-refractivity contribution >= 4 is 22.0 Å². The highest BCUT2D eigenvalue weighted by Crippen LogP contribution is 2.42. The summed E-state index contributed by atoms with van der Waals surface area (Å²) in [6.45, 7) is 0. The summed E-state index contributed by atoms with van der Waals surface area (Å²) >= 11 is 0. The molecule has 0 amide bonds. The highest BCUT2D eigenvalue weighted by atomic mass is 19.4. The van der Waals surface area contributed by atoms with Gasteiger partial charge in [-0.2, -0.15) is 13.2 Å². The van der Waals surface area contributed by atoms with Gasteiger partial charge >= 0.3 is 6.18 Å². The van der Waals surface area contributed by atoms with Gasteiger partial charge in [-0.15, -0.1) is 0 Å². The SMILES string of the molecule is O=c1c2ncoc2c2ccc(C(F)(F)F)cc2n1-c1cccnc1C1CC1. The number of nitrogens with zero attached hydrogens (tertiary/aromatic N) is 3. The minimum atomic E-state index is -4.53. The molecule has 1 aliphatic carbocycles. The summed E-state index contributed by atoms with van der Waals surface area (Å²) in [6, 6.07) is 6.63. The van der Waals surface area contributed by atoms with Gasteiger partial charge in [0.15, 0.2) is 17.5 Å². The Balaban J connectivity index is 1.95. The molecule has 0 aliphatic heterocycles. The number of hydrogen-bond acceptors (Lipinski definition) is 4. The predicted octanol–water partition coefficient (Wildman–Crippen LogP) is 4.42. The predicted molar refractivity (Wildman–Crippen MR) is 91.9 cm³/mol. The molecule has 5 rings (SSSR count). The van der Waals surface area contributed by atoms with Gasteiger partial charge in [-0.1, -0.05) is 0 Å². The second-order valence-corrected chi connectivity index (χ2v) is 6.58. The van der Waals surface area contributed by atoms with Crippen molar-refractivity contribution in [2.24, 2.45) is 0 Å². The lowest BCUT2D eigenvalue weighted by Crippen LogP contribution is -2.21. The summed E-state index contributed by atoms with van der Waals surface area (Å²) in [5.74, 6) is 0.210. The third kappa shape index (κ3) is 2.43. The molecular weight excluding hydrogens is 359 g/mol. The second-order valence-electron chi connectivity index (χ2n) is 6.58. The molecule has 1 aromatic carbocycles. The highest BCUT2D eigenvalue weighted by molar-refractivity contribution is 6.01. The van der Waals surface area contributed by atoms with Gasteiger partial charge in [0.25, 0.3) is 5.56 Å². The number of benzene rings is 1. The van der Waals surface area contributed by atoms with E-state index < -0.39 is 17.3 Å². The van der Waals surface area contributed by atoms with E-state index in [4.69, 9.17) is 4.42 Å². The smallest absolute Gasteiger partial charge is 0.416 e. The molecule has 5 nitrogen and oxygen atoms in total. The minimum absolute atomic E-state index is 0.0767. The van der Waals surface area contributed by atoms with Crippen LogP contribution in [0.15, 0.2) is 52.1 Å². The van der Waals surface area contributed by atoms with Gasteiger partial charge < -0.3 is 4.42 Å². The Morgan fingerprint density at radius 3 is 2.70 bits per heavy atom. The summed E-state index contributed by atoms with van der Waals surface area (Å²) < 4.78 is 46.4. The lowest BCUT2D eigenvalue weighted by molar-refractivity contribution is -0.137. The molecule has 3 aromatic heterocycles. The van der Waals surface area contributed by atoms with Crippen molar-refractivity contribution in [1.82, 2.24) is 14.5 Å². The van der Waals surface area contributed by atoms with Gasteiger partial charge in [0, 0.05) is 17.5 Å². The first-order valence-corrected chi connectivity index (χ1v) is 8.39. The first kappa shape index (κ1) is 16.0.